The van der Waals surface area contributed by atoms with Gasteiger partial charge in [0.05, 0.1) is 24.1 Å². The average Bonchev–Trinajstić information content (AvgIpc) is 2.70. The van der Waals surface area contributed by atoms with Gasteiger partial charge in [0.2, 0.25) is 0 Å². The van der Waals surface area contributed by atoms with E-state index < -0.39 is 23.6 Å². The average molecular weight is 486 g/mol. The largest absolute Gasteiger partial charge is 0.494 e. The summed E-state index contributed by atoms with van der Waals surface area (Å²) in [4.78, 5) is 13.5. The van der Waals surface area contributed by atoms with Crippen molar-refractivity contribution in [2.24, 2.45) is 5.92 Å². The molecule has 1 heterocycles. The second kappa shape index (κ2) is 9.39. The van der Waals surface area contributed by atoms with Crippen LogP contribution < -0.4 is 4.74 Å². The van der Waals surface area contributed by atoms with Crippen molar-refractivity contribution in [3.8, 4) is 5.75 Å². The number of alkyl halides is 3. The van der Waals surface area contributed by atoms with E-state index in [2.05, 4.69) is 20.8 Å². The van der Waals surface area contributed by atoms with Crippen molar-refractivity contribution in [2.75, 3.05) is 19.7 Å². The molecule has 1 fully saturated rings. The minimum Gasteiger partial charge on any atom is -0.494 e. The van der Waals surface area contributed by atoms with Crippen LogP contribution in [0.15, 0.2) is 46.9 Å². The van der Waals surface area contributed by atoms with E-state index in [0.29, 0.717) is 43.9 Å². The fourth-order valence-corrected chi connectivity index (χ4v) is 4.24. The molecule has 0 radical (unpaired) electrons. The van der Waals surface area contributed by atoms with Gasteiger partial charge >= 0.3 is 12.1 Å². The monoisotopic (exact) mass is 485 g/mol. The number of benzene rings is 2. The Hall–Kier alpha value is -2.06. The lowest BCUT2D eigenvalue weighted by atomic mass is 9.90. The molecule has 1 saturated heterocycles. The maximum absolute atomic E-state index is 13.0. The molecule has 2 aromatic carbocycles. The Balaban J connectivity index is 2.02. The van der Waals surface area contributed by atoms with Gasteiger partial charge in [-0.1, -0.05) is 28.1 Å². The van der Waals surface area contributed by atoms with Gasteiger partial charge in [-0.2, -0.15) is 13.2 Å². The Labute approximate surface area is 181 Å². The van der Waals surface area contributed by atoms with Crippen molar-refractivity contribution in [2.45, 2.75) is 32.0 Å². The van der Waals surface area contributed by atoms with Crippen LogP contribution in [0.5, 0.6) is 5.75 Å². The number of rotatable bonds is 6. The van der Waals surface area contributed by atoms with Crippen molar-refractivity contribution >= 4 is 21.9 Å². The van der Waals surface area contributed by atoms with E-state index in [0.717, 1.165) is 22.2 Å². The van der Waals surface area contributed by atoms with Gasteiger partial charge in [0.15, 0.2) is 0 Å². The first-order valence-electron chi connectivity index (χ1n) is 9.77. The molecule has 1 unspecified atom stereocenters. The number of nitrogens with zero attached hydrogens (tertiary/aromatic N) is 1. The molecule has 0 bridgehead atoms. The maximum Gasteiger partial charge on any atom is 0.416 e. The van der Waals surface area contributed by atoms with E-state index in [4.69, 9.17) is 4.74 Å². The molecule has 0 amide bonds. The third-order valence-corrected chi connectivity index (χ3v) is 5.86. The molecular formula is C22H23BrF3NO3. The molecule has 0 spiro atoms. The minimum absolute atomic E-state index is 0.346. The summed E-state index contributed by atoms with van der Waals surface area (Å²) in [6, 6.07) is 10.4. The Morgan fingerprint density at radius 1 is 1.20 bits per heavy atom. The van der Waals surface area contributed by atoms with E-state index in [-0.39, 0.29) is 6.04 Å². The Bertz CT molecular complexity index is 878. The number of halogens is 4. The molecule has 0 saturated carbocycles. The molecule has 1 aliphatic rings. The van der Waals surface area contributed by atoms with E-state index in [1.165, 1.54) is 12.1 Å². The van der Waals surface area contributed by atoms with Gasteiger partial charge in [-0.15, -0.1) is 0 Å². The number of hydrogen-bond acceptors (Lipinski definition) is 3. The van der Waals surface area contributed by atoms with Crippen LogP contribution >= 0.6 is 15.9 Å². The summed E-state index contributed by atoms with van der Waals surface area (Å²) in [5, 5.41) is 9.30. The second-order valence-electron chi connectivity index (χ2n) is 7.29. The van der Waals surface area contributed by atoms with Gasteiger partial charge in [-0.3, -0.25) is 9.69 Å². The van der Waals surface area contributed by atoms with E-state index in [1.807, 2.05) is 25.1 Å². The predicted molar refractivity (Wildman–Crippen MR) is 111 cm³/mol. The third-order valence-electron chi connectivity index (χ3n) is 5.36. The first-order chi connectivity index (χ1) is 14.2. The Kier molecular flexibility index (Phi) is 7.08. The highest BCUT2D eigenvalue weighted by Crippen LogP contribution is 2.39. The van der Waals surface area contributed by atoms with Crippen LogP contribution in [0.3, 0.4) is 0 Å². The molecular weight excluding hydrogens is 463 g/mol. The molecule has 1 aliphatic heterocycles. The summed E-state index contributed by atoms with van der Waals surface area (Å²) < 4.78 is 45.8. The Morgan fingerprint density at radius 2 is 1.83 bits per heavy atom. The zero-order valence-electron chi connectivity index (χ0n) is 16.5. The van der Waals surface area contributed by atoms with Gasteiger partial charge < -0.3 is 9.84 Å². The highest BCUT2D eigenvalue weighted by atomic mass is 79.9. The number of carboxylic acids is 1. The molecule has 1 atom stereocenters. The van der Waals surface area contributed by atoms with Crippen LogP contribution in [0.25, 0.3) is 0 Å². The molecule has 30 heavy (non-hydrogen) atoms. The number of carboxylic acid groups (broad SMARTS) is 1. The quantitative estimate of drug-likeness (QED) is 0.565. The molecule has 0 aromatic heterocycles. The number of likely N-dealkylation sites (tertiary alicyclic amines) is 1. The number of ether oxygens (including phenoxy) is 1. The van der Waals surface area contributed by atoms with Gasteiger partial charge in [-0.25, -0.2) is 0 Å². The first-order valence-corrected chi connectivity index (χ1v) is 10.6. The van der Waals surface area contributed by atoms with E-state index in [9.17, 15) is 23.1 Å². The summed E-state index contributed by atoms with van der Waals surface area (Å²) in [5.74, 6) is -0.549. The van der Waals surface area contributed by atoms with Crippen LogP contribution in [0, 0.1) is 5.92 Å². The molecule has 3 rings (SSSR count). The lowest BCUT2D eigenvalue weighted by molar-refractivity contribution is -0.143. The zero-order chi connectivity index (χ0) is 21.9. The predicted octanol–water partition coefficient (Wildman–Crippen LogP) is 5.75. The molecule has 2 aromatic rings. The molecule has 162 valence electrons. The molecule has 0 aliphatic carbocycles. The fraction of sp³-hybridized carbons (Fsp3) is 0.409. The molecule has 4 nitrogen and oxygen atoms in total. The van der Waals surface area contributed by atoms with Crippen molar-refractivity contribution in [1.29, 1.82) is 0 Å². The zero-order valence-corrected chi connectivity index (χ0v) is 18.0. The van der Waals surface area contributed by atoms with Gasteiger partial charge in [0, 0.05) is 10.0 Å². The molecule has 8 heteroatoms. The SMILES string of the molecule is CCOc1ccc(Br)cc1C(c1ccc(C(F)(F)F)cc1)N1CCC(C(=O)O)CC1. The van der Waals surface area contributed by atoms with E-state index >= 15 is 0 Å². The van der Waals surface area contributed by atoms with Crippen molar-refractivity contribution < 1.29 is 27.8 Å². The lowest BCUT2D eigenvalue weighted by Crippen LogP contribution is -2.39. The van der Waals surface area contributed by atoms with Gasteiger partial charge in [-0.05, 0) is 68.8 Å². The Morgan fingerprint density at radius 3 is 2.37 bits per heavy atom. The second-order valence-corrected chi connectivity index (χ2v) is 8.20. The highest BCUT2D eigenvalue weighted by molar-refractivity contribution is 9.10. The summed E-state index contributed by atoms with van der Waals surface area (Å²) >= 11 is 3.48. The van der Waals surface area contributed by atoms with Crippen LogP contribution in [-0.2, 0) is 11.0 Å². The van der Waals surface area contributed by atoms with E-state index in [1.54, 1.807) is 0 Å². The third kappa shape index (κ3) is 5.16. The summed E-state index contributed by atoms with van der Waals surface area (Å²) in [7, 11) is 0. The normalized spacial score (nSPS) is 17.0. The fourth-order valence-electron chi connectivity index (χ4n) is 3.87. The topological polar surface area (TPSA) is 49.8 Å². The number of aliphatic carboxylic acids is 1. The van der Waals surface area contributed by atoms with Crippen molar-refractivity contribution in [3.63, 3.8) is 0 Å². The first kappa shape index (κ1) is 22.6. The summed E-state index contributed by atoms with van der Waals surface area (Å²) in [6.45, 7) is 3.38. The number of hydrogen-bond donors (Lipinski definition) is 1. The lowest BCUT2D eigenvalue weighted by Gasteiger charge is -2.37. The van der Waals surface area contributed by atoms with Crippen molar-refractivity contribution in [1.82, 2.24) is 4.90 Å². The number of piperidine rings is 1. The highest BCUT2D eigenvalue weighted by Gasteiger charge is 2.33. The molecule has 1 N–H and O–H groups in total. The van der Waals surface area contributed by atoms with Crippen LogP contribution in [0.4, 0.5) is 13.2 Å². The van der Waals surface area contributed by atoms with Gasteiger partial charge in [0.1, 0.15) is 5.75 Å². The van der Waals surface area contributed by atoms with Crippen LogP contribution in [0.1, 0.15) is 42.5 Å². The van der Waals surface area contributed by atoms with Crippen LogP contribution in [0.2, 0.25) is 0 Å². The van der Waals surface area contributed by atoms with Gasteiger partial charge in [0.25, 0.3) is 0 Å². The maximum atomic E-state index is 13.0. The smallest absolute Gasteiger partial charge is 0.416 e. The standard InChI is InChI=1S/C22H23BrF3NO3/c1-2-30-19-8-7-17(23)13-18(19)20(27-11-9-15(10-12-27)21(28)29)14-3-5-16(6-4-14)22(24,25)26/h3-8,13,15,20H,2,9-12H2,1H3,(H,28,29). The van der Waals surface area contributed by atoms with Crippen molar-refractivity contribution in [3.05, 3.63) is 63.6 Å². The summed E-state index contributed by atoms with van der Waals surface area (Å²) in [5.41, 5.74) is 0.837. The minimum atomic E-state index is -4.40. The van der Waals surface area contributed by atoms with Crippen LogP contribution in [-0.4, -0.2) is 35.7 Å². The summed E-state index contributed by atoms with van der Waals surface area (Å²) in [6.07, 6.45) is -3.42. The number of carbonyl (C=O) groups is 1.